The lowest BCUT2D eigenvalue weighted by Crippen LogP contribution is -2.34. The van der Waals surface area contributed by atoms with Crippen LogP contribution in [0.3, 0.4) is 0 Å². The van der Waals surface area contributed by atoms with E-state index in [1.54, 1.807) is 25.3 Å². The summed E-state index contributed by atoms with van der Waals surface area (Å²) >= 11 is 1.44. The molecular formula is C16H19N3O3S. The highest BCUT2D eigenvalue weighted by atomic mass is 32.1. The molecule has 0 aliphatic rings. The number of hydrogen-bond donors (Lipinski definition) is 2. The fourth-order valence-electron chi connectivity index (χ4n) is 1.91. The van der Waals surface area contributed by atoms with Crippen LogP contribution in [0, 0.1) is 6.92 Å². The first kappa shape index (κ1) is 17.1. The van der Waals surface area contributed by atoms with Crippen molar-refractivity contribution in [1.29, 1.82) is 0 Å². The molecule has 0 aliphatic heterocycles. The van der Waals surface area contributed by atoms with E-state index in [2.05, 4.69) is 15.6 Å². The van der Waals surface area contributed by atoms with E-state index in [9.17, 15) is 9.59 Å². The number of amides is 2. The highest BCUT2D eigenvalue weighted by molar-refractivity contribution is 7.09. The van der Waals surface area contributed by atoms with Gasteiger partial charge in [-0.25, -0.2) is 4.98 Å². The zero-order valence-corrected chi connectivity index (χ0v) is 14.1. The summed E-state index contributed by atoms with van der Waals surface area (Å²) in [5.41, 5.74) is 2.37. The molecule has 0 aliphatic carbocycles. The van der Waals surface area contributed by atoms with Crippen LogP contribution in [0.4, 0.5) is 5.69 Å². The molecule has 122 valence electrons. The quantitative estimate of drug-likeness (QED) is 0.824. The molecule has 0 radical (unpaired) electrons. The van der Waals surface area contributed by atoms with Crippen molar-refractivity contribution in [2.75, 3.05) is 12.4 Å². The van der Waals surface area contributed by atoms with Gasteiger partial charge >= 0.3 is 11.8 Å². The van der Waals surface area contributed by atoms with Gasteiger partial charge in [0.25, 0.3) is 0 Å². The third kappa shape index (κ3) is 4.87. The van der Waals surface area contributed by atoms with Gasteiger partial charge in [-0.2, -0.15) is 0 Å². The Morgan fingerprint density at radius 2 is 2.13 bits per heavy atom. The minimum Gasteiger partial charge on any atom is -0.377 e. The van der Waals surface area contributed by atoms with Crippen molar-refractivity contribution in [3.63, 3.8) is 0 Å². The fraction of sp³-hybridized carbons (Fsp3) is 0.312. The van der Waals surface area contributed by atoms with Crippen molar-refractivity contribution < 1.29 is 14.3 Å². The molecule has 2 N–H and O–H groups in total. The van der Waals surface area contributed by atoms with Crippen LogP contribution < -0.4 is 10.6 Å². The van der Waals surface area contributed by atoms with Gasteiger partial charge in [-0.05, 0) is 31.5 Å². The molecule has 1 atom stereocenters. The molecule has 0 fully saturated rings. The van der Waals surface area contributed by atoms with E-state index < -0.39 is 11.8 Å². The summed E-state index contributed by atoms with van der Waals surface area (Å²) in [6, 6.07) is 7.20. The zero-order chi connectivity index (χ0) is 16.8. The van der Waals surface area contributed by atoms with Gasteiger partial charge in [-0.15, -0.1) is 11.3 Å². The molecule has 0 bridgehead atoms. The van der Waals surface area contributed by atoms with Crippen LogP contribution in [0.15, 0.2) is 29.6 Å². The normalized spacial score (nSPS) is 11.8. The minimum atomic E-state index is -0.708. The molecule has 1 aromatic carbocycles. The van der Waals surface area contributed by atoms with Gasteiger partial charge in [0.15, 0.2) is 0 Å². The number of hydrogen-bond acceptors (Lipinski definition) is 5. The van der Waals surface area contributed by atoms with E-state index in [1.165, 1.54) is 11.3 Å². The molecule has 0 spiro atoms. The van der Waals surface area contributed by atoms with Gasteiger partial charge < -0.3 is 15.4 Å². The number of aryl methyl sites for hydroxylation is 1. The van der Waals surface area contributed by atoms with Crippen molar-refractivity contribution >= 4 is 28.8 Å². The third-order valence-corrected chi connectivity index (χ3v) is 4.21. The first-order chi connectivity index (χ1) is 11.0. The monoisotopic (exact) mass is 333 g/mol. The lowest BCUT2D eigenvalue weighted by molar-refractivity contribution is -0.136. The van der Waals surface area contributed by atoms with E-state index in [4.69, 9.17) is 4.74 Å². The van der Waals surface area contributed by atoms with E-state index in [0.717, 1.165) is 16.3 Å². The Bertz CT molecular complexity index is 699. The van der Waals surface area contributed by atoms with Crippen molar-refractivity contribution in [3.05, 3.63) is 45.9 Å². The lowest BCUT2D eigenvalue weighted by atomic mass is 10.1. The molecule has 6 nitrogen and oxygen atoms in total. The summed E-state index contributed by atoms with van der Waals surface area (Å²) in [5, 5.41) is 7.79. The zero-order valence-electron chi connectivity index (χ0n) is 13.3. The summed E-state index contributed by atoms with van der Waals surface area (Å²) in [7, 11) is 1.61. The number of nitrogens with zero attached hydrogens (tertiary/aromatic N) is 1. The summed E-state index contributed by atoms with van der Waals surface area (Å²) in [6.07, 6.45) is -0.0891. The topological polar surface area (TPSA) is 80.3 Å². The number of rotatable bonds is 5. The highest BCUT2D eigenvalue weighted by Gasteiger charge is 2.14. The summed E-state index contributed by atoms with van der Waals surface area (Å²) in [6.45, 7) is 4.03. The second-order valence-corrected chi connectivity index (χ2v) is 5.97. The smallest absolute Gasteiger partial charge is 0.313 e. The number of anilines is 1. The van der Waals surface area contributed by atoms with Crippen molar-refractivity contribution in [3.8, 4) is 0 Å². The molecule has 2 aromatic rings. The average molecular weight is 333 g/mol. The molecule has 2 rings (SSSR count). The van der Waals surface area contributed by atoms with E-state index in [1.807, 2.05) is 25.3 Å². The Balaban J connectivity index is 1.91. The van der Waals surface area contributed by atoms with Crippen LogP contribution in [0.5, 0.6) is 0 Å². The number of benzene rings is 1. The predicted molar refractivity (Wildman–Crippen MR) is 89.2 cm³/mol. The molecule has 0 saturated heterocycles. The summed E-state index contributed by atoms with van der Waals surface area (Å²) in [5.74, 6) is -1.40. The standard InChI is InChI=1S/C16H19N3O3S/c1-10-9-23-14(18-10)8-17-15(20)16(21)19-13-6-4-5-12(7-13)11(2)22-3/h4-7,9,11H,8H2,1-3H3,(H,17,20)(H,19,21)/t11-/m0/s1. The van der Waals surface area contributed by atoms with Crippen LogP contribution in [0.1, 0.15) is 29.3 Å². The van der Waals surface area contributed by atoms with Gasteiger partial charge in [0, 0.05) is 23.9 Å². The molecular weight excluding hydrogens is 314 g/mol. The molecule has 1 heterocycles. The number of nitrogens with one attached hydrogen (secondary N) is 2. The van der Waals surface area contributed by atoms with E-state index in [0.29, 0.717) is 5.69 Å². The van der Waals surface area contributed by atoms with Gasteiger partial charge in [0.2, 0.25) is 0 Å². The lowest BCUT2D eigenvalue weighted by Gasteiger charge is -2.12. The van der Waals surface area contributed by atoms with Gasteiger partial charge in [0.05, 0.1) is 12.6 Å². The maximum absolute atomic E-state index is 11.9. The fourth-order valence-corrected chi connectivity index (χ4v) is 2.62. The predicted octanol–water partition coefficient (Wildman–Crippen LogP) is 2.41. The summed E-state index contributed by atoms with van der Waals surface area (Å²) < 4.78 is 5.24. The third-order valence-electron chi connectivity index (χ3n) is 3.24. The van der Waals surface area contributed by atoms with Crippen molar-refractivity contribution in [2.45, 2.75) is 26.5 Å². The number of ether oxygens (including phenoxy) is 1. The van der Waals surface area contributed by atoms with Crippen LogP contribution in [0.2, 0.25) is 0 Å². The van der Waals surface area contributed by atoms with E-state index >= 15 is 0 Å². The van der Waals surface area contributed by atoms with Crippen LogP contribution in [0.25, 0.3) is 0 Å². The van der Waals surface area contributed by atoms with E-state index in [-0.39, 0.29) is 12.6 Å². The number of carbonyl (C=O) groups excluding carboxylic acids is 2. The molecule has 0 saturated carbocycles. The Hall–Kier alpha value is -2.25. The second-order valence-electron chi connectivity index (χ2n) is 5.02. The van der Waals surface area contributed by atoms with Crippen LogP contribution in [-0.4, -0.2) is 23.9 Å². The van der Waals surface area contributed by atoms with Gasteiger partial charge in [-0.3, -0.25) is 9.59 Å². The minimum absolute atomic E-state index is 0.0891. The molecule has 23 heavy (non-hydrogen) atoms. The van der Waals surface area contributed by atoms with Crippen molar-refractivity contribution in [2.24, 2.45) is 0 Å². The van der Waals surface area contributed by atoms with Crippen LogP contribution in [-0.2, 0) is 20.9 Å². The Labute approximate surface area is 138 Å². The highest BCUT2D eigenvalue weighted by Crippen LogP contribution is 2.19. The summed E-state index contributed by atoms with van der Waals surface area (Å²) in [4.78, 5) is 28.0. The SMILES string of the molecule is CO[C@@H](C)c1cccc(NC(=O)C(=O)NCc2nc(C)cs2)c1. The van der Waals surface area contributed by atoms with Gasteiger partial charge in [0.1, 0.15) is 5.01 Å². The number of carbonyl (C=O) groups is 2. The first-order valence-corrected chi connectivity index (χ1v) is 8.00. The Morgan fingerprint density at radius 3 is 2.78 bits per heavy atom. The van der Waals surface area contributed by atoms with Gasteiger partial charge in [-0.1, -0.05) is 12.1 Å². The average Bonchev–Trinajstić information content (AvgIpc) is 2.97. The second kappa shape index (κ2) is 7.85. The number of aromatic nitrogens is 1. The Morgan fingerprint density at radius 1 is 1.35 bits per heavy atom. The molecule has 2 amide bonds. The number of methoxy groups -OCH3 is 1. The molecule has 1 aromatic heterocycles. The Kier molecular flexibility index (Phi) is 5.84. The maximum atomic E-state index is 11.9. The van der Waals surface area contributed by atoms with Crippen molar-refractivity contribution in [1.82, 2.24) is 10.3 Å². The van der Waals surface area contributed by atoms with Crippen LogP contribution >= 0.6 is 11.3 Å². The first-order valence-electron chi connectivity index (χ1n) is 7.12. The molecule has 7 heteroatoms. The molecule has 0 unspecified atom stereocenters. The largest absolute Gasteiger partial charge is 0.377 e. The maximum Gasteiger partial charge on any atom is 0.313 e. The number of thiazole rings is 1.